The minimum absolute atomic E-state index is 0.183. The first kappa shape index (κ1) is 22.7. The number of carbonyl (C=O) groups excluding carboxylic acids is 3. The summed E-state index contributed by atoms with van der Waals surface area (Å²) >= 11 is 0. The molecule has 8 nitrogen and oxygen atoms in total. The molecular formula is C28H21N5O3. The SMILES string of the molecule is N#Cc1cccc(NC(=O)c2cnn3c2C(=O)N(c2ccc(Cc4ccc(C=O)cc4)cc2)CC3)c1. The van der Waals surface area contributed by atoms with Crippen molar-refractivity contribution in [1.29, 1.82) is 5.26 Å². The van der Waals surface area contributed by atoms with Crippen LogP contribution in [0, 0.1) is 11.3 Å². The summed E-state index contributed by atoms with van der Waals surface area (Å²) in [6.45, 7) is 0.897. The van der Waals surface area contributed by atoms with Crippen molar-refractivity contribution in [2.45, 2.75) is 13.0 Å². The standard InChI is InChI=1S/C28H21N5O3/c29-16-22-2-1-3-23(15-22)31-27(35)25-17-30-33-13-12-32(28(36)26(25)33)24-10-8-20(9-11-24)14-19-4-6-21(18-34)7-5-19/h1-11,15,17-18H,12-14H2,(H,31,35). The number of amides is 2. The molecular weight excluding hydrogens is 454 g/mol. The maximum Gasteiger partial charge on any atom is 0.277 e. The van der Waals surface area contributed by atoms with Crippen LogP contribution in [0.5, 0.6) is 0 Å². The molecule has 3 aromatic carbocycles. The van der Waals surface area contributed by atoms with Crippen molar-refractivity contribution in [3.8, 4) is 6.07 Å². The molecule has 1 aromatic heterocycles. The molecule has 0 spiro atoms. The summed E-state index contributed by atoms with van der Waals surface area (Å²) in [5.74, 6) is -0.760. The summed E-state index contributed by atoms with van der Waals surface area (Å²) in [7, 11) is 0. The van der Waals surface area contributed by atoms with Crippen molar-refractivity contribution in [1.82, 2.24) is 9.78 Å². The van der Waals surface area contributed by atoms with Gasteiger partial charge in [-0.25, -0.2) is 0 Å². The van der Waals surface area contributed by atoms with Crippen LogP contribution in [0.1, 0.15) is 47.9 Å². The third-order valence-corrected chi connectivity index (χ3v) is 6.09. The summed E-state index contributed by atoms with van der Waals surface area (Å²) in [5.41, 5.74) is 4.84. The molecule has 1 aliphatic rings. The summed E-state index contributed by atoms with van der Waals surface area (Å²) in [6, 6.07) is 23.8. The molecule has 36 heavy (non-hydrogen) atoms. The Morgan fingerprint density at radius 1 is 1.03 bits per heavy atom. The number of nitrogens with one attached hydrogen (secondary N) is 1. The number of anilines is 2. The largest absolute Gasteiger partial charge is 0.322 e. The van der Waals surface area contributed by atoms with Crippen LogP contribution in [-0.4, -0.2) is 34.4 Å². The van der Waals surface area contributed by atoms with Crippen LogP contribution in [-0.2, 0) is 13.0 Å². The lowest BCUT2D eigenvalue weighted by Crippen LogP contribution is -2.41. The van der Waals surface area contributed by atoms with E-state index >= 15 is 0 Å². The van der Waals surface area contributed by atoms with Gasteiger partial charge in [0.15, 0.2) is 0 Å². The van der Waals surface area contributed by atoms with Gasteiger partial charge in [-0.05, 0) is 47.9 Å². The van der Waals surface area contributed by atoms with Gasteiger partial charge in [-0.3, -0.25) is 19.1 Å². The van der Waals surface area contributed by atoms with E-state index in [4.69, 9.17) is 5.26 Å². The highest BCUT2D eigenvalue weighted by atomic mass is 16.2. The summed E-state index contributed by atoms with van der Waals surface area (Å²) in [5, 5.41) is 16.1. The second-order valence-corrected chi connectivity index (χ2v) is 8.44. The highest BCUT2D eigenvalue weighted by molar-refractivity contribution is 6.15. The van der Waals surface area contributed by atoms with E-state index in [1.54, 1.807) is 46.0 Å². The number of aromatic nitrogens is 2. The Hall–Kier alpha value is -5.03. The monoisotopic (exact) mass is 475 g/mol. The van der Waals surface area contributed by atoms with Gasteiger partial charge < -0.3 is 10.2 Å². The van der Waals surface area contributed by atoms with Crippen molar-refractivity contribution in [2.75, 3.05) is 16.8 Å². The van der Waals surface area contributed by atoms with E-state index in [1.165, 1.54) is 6.20 Å². The molecule has 0 bridgehead atoms. The van der Waals surface area contributed by atoms with E-state index in [0.29, 0.717) is 36.3 Å². The Balaban J connectivity index is 1.33. The van der Waals surface area contributed by atoms with E-state index in [9.17, 15) is 14.4 Å². The number of nitriles is 1. The third kappa shape index (κ3) is 4.50. The van der Waals surface area contributed by atoms with Gasteiger partial charge in [0.2, 0.25) is 0 Å². The lowest BCUT2D eigenvalue weighted by atomic mass is 10.0. The van der Waals surface area contributed by atoms with Crippen LogP contribution in [0.15, 0.2) is 79.0 Å². The van der Waals surface area contributed by atoms with E-state index in [2.05, 4.69) is 10.4 Å². The predicted octanol–water partition coefficient (Wildman–Crippen LogP) is 4.07. The summed E-state index contributed by atoms with van der Waals surface area (Å²) in [4.78, 5) is 38.9. The average Bonchev–Trinajstić information content (AvgIpc) is 3.35. The molecule has 2 heterocycles. The Labute approximate surface area is 207 Å². The number of carbonyl (C=O) groups is 3. The maximum atomic E-state index is 13.4. The average molecular weight is 476 g/mol. The van der Waals surface area contributed by atoms with Crippen molar-refractivity contribution >= 4 is 29.5 Å². The first-order valence-corrected chi connectivity index (χ1v) is 11.4. The quantitative estimate of drug-likeness (QED) is 0.423. The Kier molecular flexibility index (Phi) is 6.12. The molecule has 1 aliphatic heterocycles. The molecule has 4 aromatic rings. The van der Waals surface area contributed by atoms with Crippen molar-refractivity contribution < 1.29 is 14.4 Å². The van der Waals surface area contributed by atoms with Crippen LogP contribution in [0.2, 0.25) is 0 Å². The topological polar surface area (TPSA) is 108 Å². The van der Waals surface area contributed by atoms with Gasteiger partial charge in [0.05, 0.1) is 29.9 Å². The molecule has 0 aliphatic carbocycles. The molecule has 0 radical (unpaired) electrons. The predicted molar refractivity (Wildman–Crippen MR) is 134 cm³/mol. The Bertz CT molecular complexity index is 1500. The van der Waals surface area contributed by atoms with Gasteiger partial charge in [-0.15, -0.1) is 0 Å². The van der Waals surface area contributed by atoms with Gasteiger partial charge >= 0.3 is 0 Å². The third-order valence-electron chi connectivity index (χ3n) is 6.09. The van der Waals surface area contributed by atoms with Crippen LogP contribution in [0.3, 0.4) is 0 Å². The Morgan fingerprint density at radius 2 is 1.75 bits per heavy atom. The van der Waals surface area contributed by atoms with Gasteiger partial charge in [0.1, 0.15) is 12.0 Å². The normalized spacial score (nSPS) is 12.5. The van der Waals surface area contributed by atoms with Crippen LogP contribution >= 0.6 is 0 Å². The minimum atomic E-state index is -0.461. The zero-order valence-corrected chi connectivity index (χ0v) is 19.2. The second kappa shape index (κ2) is 9.68. The number of hydrogen-bond donors (Lipinski definition) is 1. The zero-order valence-electron chi connectivity index (χ0n) is 19.2. The van der Waals surface area contributed by atoms with Crippen LogP contribution in [0.25, 0.3) is 0 Å². The van der Waals surface area contributed by atoms with Crippen LogP contribution < -0.4 is 10.2 Å². The van der Waals surface area contributed by atoms with Gasteiger partial charge in [-0.1, -0.05) is 42.5 Å². The molecule has 0 unspecified atom stereocenters. The smallest absolute Gasteiger partial charge is 0.277 e. The molecule has 8 heteroatoms. The first-order chi connectivity index (χ1) is 17.6. The number of rotatable bonds is 6. The van der Waals surface area contributed by atoms with Gasteiger partial charge in [0.25, 0.3) is 11.8 Å². The highest BCUT2D eigenvalue weighted by Gasteiger charge is 2.32. The number of aldehydes is 1. The molecule has 2 amide bonds. The van der Waals surface area contributed by atoms with E-state index in [-0.39, 0.29) is 17.2 Å². The zero-order chi connectivity index (χ0) is 25.1. The van der Waals surface area contributed by atoms with Crippen molar-refractivity contribution in [3.63, 3.8) is 0 Å². The first-order valence-electron chi connectivity index (χ1n) is 11.4. The maximum absolute atomic E-state index is 13.4. The second-order valence-electron chi connectivity index (χ2n) is 8.44. The molecule has 0 saturated heterocycles. The van der Waals surface area contributed by atoms with Crippen LogP contribution in [0.4, 0.5) is 11.4 Å². The van der Waals surface area contributed by atoms with E-state index in [1.807, 2.05) is 42.5 Å². The molecule has 0 fully saturated rings. The lowest BCUT2D eigenvalue weighted by Gasteiger charge is -2.28. The van der Waals surface area contributed by atoms with E-state index in [0.717, 1.165) is 23.1 Å². The molecule has 0 atom stereocenters. The van der Waals surface area contributed by atoms with Crippen molar-refractivity contribution in [3.05, 3.63) is 113 Å². The number of hydrogen-bond acceptors (Lipinski definition) is 5. The fourth-order valence-electron chi connectivity index (χ4n) is 4.23. The number of benzene rings is 3. The molecule has 0 saturated carbocycles. The molecule has 176 valence electrons. The molecule has 1 N–H and O–H groups in total. The molecule has 5 rings (SSSR count). The fourth-order valence-corrected chi connectivity index (χ4v) is 4.23. The fraction of sp³-hybridized carbons (Fsp3) is 0.107. The minimum Gasteiger partial charge on any atom is -0.322 e. The highest BCUT2D eigenvalue weighted by Crippen LogP contribution is 2.25. The summed E-state index contributed by atoms with van der Waals surface area (Å²) in [6.07, 6.45) is 2.93. The number of nitrogens with zero attached hydrogens (tertiary/aromatic N) is 4. The van der Waals surface area contributed by atoms with Crippen molar-refractivity contribution in [2.24, 2.45) is 0 Å². The Morgan fingerprint density at radius 3 is 2.44 bits per heavy atom. The lowest BCUT2D eigenvalue weighted by molar-refractivity contribution is 0.0946. The van der Waals surface area contributed by atoms with E-state index < -0.39 is 5.91 Å². The van der Waals surface area contributed by atoms with Gasteiger partial charge in [0, 0.05) is 23.5 Å². The van der Waals surface area contributed by atoms with Gasteiger partial charge in [-0.2, -0.15) is 10.4 Å². The summed E-state index contributed by atoms with van der Waals surface area (Å²) < 4.78 is 1.55. The number of fused-ring (bicyclic) bond motifs is 1.